The Kier molecular flexibility index (Phi) is 41.4. The molecule has 0 saturated carbocycles. The highest BCUT2D eigenvalue weighted by Gasteiger charge is 2.39. The van der Waals surface area contributed by atoms with Gasteiger partial charge in [-0.2, -0.15) is 0 Å². The molecule has 0 amide bonds. The number of aliphatic hydroxyl groups is 8. The number of unbranched alkanes of at least 4 members (excludes halogenated alkanes) is 22. The fraction of sp³-hybridized carbons (Fsp3) is 0.750. The fourth-order valence-electron chi connectivity index (χ4n) is 6.34. The fourth-order valence-corrected chi connectivity index (χ4v) is 6.34. The van der Waals surface area contributed by atoms with Crippen LogP contribution in [0, 0.1) is 0 Å². The first-order chi connectivity index (χ1) is 30.7. The monoisotopic (exact) mass is 917 g/mol. The van der Waals surface area contributed by atoms with Crippen LogP contribution >= 0.6 is 0 Å². The van der Waals surface area contributed by atoms with Gasteiger partial charge in [0.15, 0.2) is 23.7 Å². The van der Waals surface area contributed by atoms with Crippen LogP contribution in [0.4, 0.5) is 0 Å². The number of cyclic esters (lactones) is 2. The van der Waals surface area contributed by atoms with Crippen LogP contribution in [0.1, 0.15) is 194 Å². The molecule has 372 valence electrons. The molecule has 0 fully saturated rings. The second-order valence-corrected chi connectivity index (χ2v) is 16.1. The Hall–Kier alpha value is -4.12. The molecule has 16 heteroatoms. The first-order valence-corrected chi connectivity index (χ1v) is 23.7. The van der Waals surface area contributed by atoms with Crippen molar-refractivity contribution in [3.8, 4) is 0 Å². The molecule has 0 aromatic heterocycles. The molecule has 2 rings (SSSR count). The summed E-state index contributed by atoms with van der Waals surface area (Å²) < 4.78 is 8.63. The molecule has 0 aromatic carbocycles. The molecule has 2 aliphatic heterocycles. The topological polar surface area (TPSA) is 289 Å². The number of esters is 2. The Morgan fingerprint density at radius 2 is 0.719 bits per heavy atom. The normalized spacial score (nSPS) is 16.7. The van der Waals surface area contributed by atoms with Gasteiger partial charge in [0, 0.05) is 12.8 Å². The molecule has 0 aliphatic carbocycles. The third-order valence-corrected chi connectivity index (χ3v) is 10.3. The van der Waals surface area contributed by atoms with E-state index in [0.717, 1.165) is 25.7 Å². The maximum absolute atomic E-state index is 10.5. The second-order valence-electron chi connectivity index (χ2n) is 16.1. The lowest BCUT2D eigenvalue weighted by molar-refractivity contribution is -0.148. The smallest absolute Gasteiger partial charge is 0.377 e. The number of rotatable bonds is 34. The Labute approximate surface area is 381 Å². The van der Waals surface area contributed by atoms with Gasteiger partial charge in [0.05, 0.1) is 13.2 Å². The number of ether oxygens (including phenoxy) is 2. The lowest BCUT2D eigenvalue weighted by Gasteiger charge is -2.13. The van der Waals surface area contributed by atoms with Crippen molar-refractivity contribution in [1.29, 1.82) is 0 Å². The van der Waals surface area contributed by atoms with Gasteiger partial charge >= 0.3 is 23.9 Å². The summed E-state index contributed by atoms with van der Waals surface area (Å²) in [6.07, 6.45) is 36.9. The summed E-state index contributed by atoms with van der Waals surface area (Å²) in [5.74, 6) is -6.89. The van der Waals surface area contributed by atoms with Gasteiger partial charge in [-0.1, -0.05) is 141 Å². The Bertz CT molecular complexity index is 1240. The minimum atomic E-state index is -1.42. The molecule has 16 nitrogen and oxygen atoms in total. The van der Waals surface area contributed by atoms with Gasteiger partial charge in [0.2, 0.25) is 11.5 Å². The van der Waals surface area contributed by atoms with E-state index >= 15 is 0 Å². The second kappa shape index (κ2) is 42.8. The molecule has 2 aliphatic rings. The van der Waals surface area contributed by atoms with Gasteiger partial charge < -0.3 is 60.5 Å². The average molecular weight is 917 g/mol. The summed E-state index contributed by atoms with van der Waals surface area (Å²) in [5, 5.41) is 87.1. The predicted molar refractivity (Wildman–Crippen MR) is 245 cm³/mol. The van der Waals surface area contributed by atoms with Gasteiger partial charge in [-0.15, -0.1) is 0 Å². The highest BCUT2D eigenvalue weighted by atomic mass is 16.6. The van der Waals surface area contributed by atoms with Gasteiger partial charge in [-0.3, -0.25) is 9.59 Å². The molecule has 0 spiro atoms. The summed E-state index contributed by atoms with van der Waals surface area (Å²) in [7, 11) is 0. The molecule has 0 unspecified atom stereocenters. The molecule has 0 radical (unpaired) electrons. The zero-order chi connectivity index (χ0) is 48.4. The number of carbonyl (C=O) groups is 4. The lowest BCUT2D eigenvalue weighted by atomic mass is 10.1. The van der Waals surface area contributed by atoms with E-state index in [1.54, 1.807) is 0 Å². The molecule has 10 N–H and O–H groups in total. The van der Waals surface area contributed by atoms with Crippen LogP contribution in [0.5, 0.6) is 0 Å². The number of carbonyl (C=O) groups excluding carboxylic acids is 2. The van der Waals surface area contributed by atoms with Gasteiger partial charge in [-0.25, -0.2) is 9.59 Å². The van der Waals surface area contributed by atoms with Crippen LogP contribution in [-0.4, -0.2) is 113 Å². The maximum Gasteiger partial charge on any atom is 0.377 e. The molecular formula is C48H84O16. The molecule has 0 bridgehead atoms. The number of allylic oxidation sites excluding steroid dienone is 4. The van der Waals surface area contributed by atoms with Crippen LogP contribution in [0.25, 0.3) is 0 Å². The summed E-state index contributed by atoms with van der Waals surface area (Å²) in [6.45, 7) is 3.17. The number of hydrogen-bond donors (Lipinski definition) is 10. The highest BCUT2D eigenvalue weighted by Crippen LogP contribution is 2.22. The molecular weight excluding hydrogens is 833 g/mol. The minimum absolute atomic E-state index is 0.332. The van der Waals surface area contributed by atoms with E-state index in [1.165, 1.54) is 141 Å². The molecule has 64 heavy (non-hydrogen) atoms. The van der Waals surface area contributed by atoms with E-state index in [1.807, 2.05) is 0 Å². The van der Waals surface area contributed by atoms with E-state index in [4.69, 9.17) is 51.1 Å². The largest absolute Gasteiger partial charge is 0.505 e. The van der Waals surface area contributed by atoms with E-state index in [-0.39, 0.29) is 0 Å². The van der Waals surface area contributed by atoms with Crippen molar-refractivity contribution in [1.82, 2.24) is 0 Å². The van der Waals surface area contributed by atoms with Crippen LogP contribution in [0.3, 0.4) is 0 Å². The van der Waals surface area contributed by atoms with Crippen molar-refractivity contribution >= 4 is 23.9 Å². The number of carboxylic acids is 2. The van der Waals surface area contributed by atoms with Crippen molar-refractivity contribution in [2.24, 2.45) is 0 Å². The zero-order valence-corrected chi connectivity index (χ0v) is 38.8. The van der Waals surface area contributed by atoms with Crippen molar-refractivity contribution in [3.05, 3.63) is 47.3 Å². The molecule has 4 atom stereocenters. The first-order valence-electron chi connectivity index (χ1n) is 23.7. The number of carboxylic acid groups (broad SMARTS) is 2. The third-order valence-electron chi connectivity index (χ3n) is 10.3. The van der Waals surface area contributed by atoms with E-state index < -0.39 is 84.5 Å². The molecule has 0 aromatic rings. The number of aliphatic carboxylic acids is 2. The summed E-state index contributed by atoms with van der Waals surface area (Å²) in [5.41, 5.74) is 0. The lowest BCUT2D eigenvalue weighted by Crippen LogP contribution is -2.31. The molecule has 0 saturated heterocycles. The van der Waals surface area contributed by atoms with Gasteiger partial charge in [-0.05, 0) is 64.2 Å². The van der Waals surface area contributed by atoms with Crippen LogP contribution in [0.2, 0.25) is 0 Å². The van der Waals surface area contributed by atoms with Crippen molar-refractivity contribution in [2.45, 2.75) is 218 Å². The summed E-state index contributed by atoms with van der Waals surface area (Å²) >= 11 is 0. The third kappa shape index (κ3) is 34.3. The van der Waals surface area contributed by atoms with Gasteiger partial charge in [0.1, 0.15) is 12.2 Å². The van der Waals surface area contributed by atoms with Crippen molar-refractivity contribution in [2.75, 3.05) is 13.2 Å². The number of aliphatic hydroxyl groups excluding tert-OH is 8. The van der Waals surface area contributed by atoms with Gasteiger partial charge in [0.25, 0.3) is 0 Å². The van der Waals surface area contributed by atoms with Crippen molar-refractivity contribution < 1.29 is 79.7 Å². The molecule has 2 heterocycles. The number of hydrogen-bond acceptors (Lipinski definition) is 14. The quantitative estimate of drug-likeness (QED) is 0.0163. The van der Waals surface area contributed by atoms with Crippen LogP contribution in [0.15, 0.2) is 47.3 Å². The van der Waals surface area contributed by atoms with Crippen LogP contribution in [-0.2, 0) is 28.7 Å². The van der Waals surface area contributed by atoms with E-state index in [0.29, 0.717) is 12.8 Å². The Morgan fingerprint density at radius 3 is 0.938 bits per heavy atom. The Balaban J connectivity index is 0. The highest BCUT2D eigenvalue weighted by molar-refractivity contribution is 5.89. The van der Waals surface area contributed by atoms with Crippen molar-refractivity contribution in [3.63, 3.8) is 0 Å². The standard InChI is InChI=1S/2C18H34O2.2C6H8O6/c2*1-2-3-4-5-6-7-8-9-10-11-12-13-14-15-16-17-18(19)20;2*7-1-2(8)5-3(9)4(10)6(11)12-5/h2*9-10H,2-8,11-17H2,1H3,(H,19,20);2*2,5,7-10H,1H2/b2*10-9-;;/t;;2*2-,5+/m..00/s1. The summed E-state index contributed by atoms with van der Waals surface area (Å²) in [6, 6.07) is 0. The first kappa shape index (κ1) is 62.0. The SMILES string of the molecule is CCCCCCCC/C=C\CCCCCCCC(=O)O.CCCCCCCC/C=C\CCCCCCCC(=O)O.O=C1O[C@H]([C@@H](O)CO)C(O)=C1O.O=C1O[C@H]([C@@H](O)CO)C(O)=C1O. The summed E-state index contributed by atoms with van der Waals surface area (Å²) in [4.78, 5) is 41.7. The minimum Gasteiger partial charge on any atom is -0.505 e. The Morgan fingerprint density at radius 1 is 0.469 bits per heavy atom. The van der Waals surface area contributed by atoms with E-state index in [9.17, 15) is 19.2 Å². The van der Waals surface area contributed by atoms with Crippen LogP contribution < -0.4 is 0 Å². The predicted octanol–water partition coefficient (Wildman–Crippen LogP) is 9.40. The van der Waals surface area contributed by atoms with E-state index in [2.05, 4.69) is 47.6 Å². The maximum atomic E-state index is 10.5. The zero-order valence-electron chi connectivity index (χ0n) is 38.8. The average Bonchev–Trinajstić information content (AvgIpc) is 3.69.